The van der Waals surface area contributed by atoms with Crippen molar-refractivity contribution in [3.63, 3.8) is 0 Å². The second-order valence-corrected chi connectivity index (χ2v) is 7.01. The lowest BCUT2D eigenvalue weighted by Gasteiger charge is -2.24. The summed E-state index contributed by atoms with van der Waals surface area (Å²) in [5.74, 6) is -1.60. The Labute approximate surface area is 145 Å². The first-order chi connectivity index (χ1) is 11.9. The third-order valence-corrected chi connectivity index (χ3v) is 5.06. The second kappa shape index (κ2) is 7.47. The molecule has 1 aromatic carbocycles. The average molecular weight is 351 g/mol. The molecule has 1 saturated heterocycles. The van der Waals surface area contributed by atoms with Gasteiger partial charge in [0.15, 0.2) is 0 Å². The molecule has 0 spiro atoms. The van der Waals surface area contributed by atoms with Gasteiger partial charge in [-0.05, 0) is 37.3 Å². The first-order valence-electron chi connectivity index (χ1n) is 8.69. The van der Waals surface area contributed by atoms with Crippen LogP contribution in [0.15, 0.2) is 18.2 Å². The first kappa shape index (κ1) is 17.8. The van der Waals surface area contributed by atoms with Crippen LogP contribution in [0, 0.1) is 17.6 Å². The lowest BCUT2D eigenvalue weighted by Crippen LogP contribution is -2.46. The van der Waals surface area contributed by atoms with Crippen molar-refractivity contribution in [2.75, 3.05) is 18.9 Å². The van der Waals surface area contributed by atoms with Crippen LogP contribution >= 0.6 is 0 Å². The Kier molecular flexibility index (Phi) is 5.32. The summed E-state index contributed by atoms with van der Waals surface area (Å²) in [5, 5.41) is 5.81. The van der Waals surface area contributed by atoms with E-state index in [1.54, 1.807) is 7.05 Å². The van der Waals surface area contributed by atoms with E-state index >= 15 is 0 Å². The van der Waals surface area contributed by atoms with Crippen LogP contribution in [0.25, 0.3) is 0 Å². The maximum atomic E-state index is 13.2. The van der Waals surface area contributed by atoms with Gasteiger partial charge in [0, 0.05) is 24.8 Å². The van der Waals surface area contributed by atoms with E-state index in [0.29, 0.717) is 12.0 Å². The minimum Gasteiger partial charge on any atom is -0.335 e. The number of carbonyl (C=O) groups is 2. The molecule has 3 rings (SSSR count). The molecule has 2 aliphatic rings. The van der Waals surface area contributed by atoms with Crippen molar-refractivity contribution in [3.8, 4) is 0 Å². The fraction of sp³-hybridized carbons (Fsp3) is 0.556. The second-order valence-electron chi connectivity index (χ2n) is 7.01. The van der Waals surface area contributed by atoms with Gasteiger partial charge in [0.05, 0.1) is 12.6 Å². The number of nitrogens with one attached hydrogen (secondary N) is 2. The summed E-state index contributed by atoms with van der Waals surface area (Å²) in [7, 11) is 1.57. The van der Waals surface area contributed by atoms with E-state index in [1.165, 1.54) is 17.7 Å². The monoisotopic (exact) mass is 351 g/mol. The fourth-order valence-electron chi connectivity index (χ4n) is 3.90. The Bertz CT molecular complexity index is 633. The lowest BCUT2D eigenvalue weighted by molar-refractivity contribution is -0.134. The summed E-state index contributed by atoms with van der Waals surface area (Å²) in [6.07, 6.45) is 5.47. The average Bonchev–Trinajstić information content (AvgIpc) is 2.96. The molecule has 25 heavy (non-hydrogen) atoms. The number of amides is 2. The molecule has 1 aliphatic heterocycles. The van der Waals surface area contributed by atoms with E-state index in [9.17, 15) is 18.4 Å². The van der Waals surface area contributed by atoms with Gasteiger partial charge >= 0.3 is 0 Å². The summed E-state index contributed by atoms with van der Waals surface area (Å²) in [6, 6.07) is 2.95. The van der Waals surface area contributed by atoms with E-state index in [0.717, 1.165) is 37.5 Å². The predicted octanol–water partition coefficient (Wildman–Crippen LogP) is 2.28. The number of likely N-dealkylation sites (N-methyl/N-ethyl adjacent to an activating group) is 1. The van der Waals surface area contributed by atoms with Crippen LogP contribution in [-0.4, -0.2) is 42.4 Å². The van der Waals surface area contributed by atoms with Gasteiger partial charge in [0.1, 0.15) is 11.6 Å². The molecule has 2 N–H and O–H groups in total. The zero-order valence-electron chi connectivity index (χ0n) is 14.2. The van der Waals surface area contributed by atoms with E-state index in [-0.39, 0.29) is 24.2 Å². The van der Waals surface area contributed by atoms with Crippen LogP contribution in [0.5, 0.6) is 0 Å². The van der Waals surface area contributed by atoms with Crippen molar-refractivity contribution < 1.29 is 18.4 Å². The van der Waals surface area contributed by atoms with Crippen LogP contribution in [0.3, 0.4) is 0 Å². The molecule has 1 aliphatic carbocycles. The molecule has 3 unspecified atom stereocenters. The number of carbonyl (C=O) groups excluding carboxylic acids is 2. The molecule has 2 fully saturated rings. The summed E-state index contributed by atoms with van der Waals surface area (Å²) in [4.78, 5) is 26.0. The Hall–Kier alpha value is -2.02. The first-order valence-corrected chi connectivity index (χ1v) is 8.69. The summed E-state index contributed by atoms with van der Waals surface area (Å²) < 4.78 is 26.3. The molecule has 0 aromatic heterocycles. The van der Waals surface area contributed by atoms with Crippen LogP contribution in [0.2, 0.25) is 0 Å². The molecule has 136 valence electrons. The fourth-order valence-corrected chi connectivity index (χ4v) is 3.90. The minimum absolute atomic E-state index is 0.0355. The van der Waals surface area contributed by atoms with Gasteiger partial charge in [0.2, 0.25) is 11.8 Å². The van der Waals surface area contributed by atoms with E-state index in [4.69, 9.17) is 0 Å². The molecule has 5 nitrogen and oxygen atoms in total. The molecule has 2 amide bonds. The van der Waals surface area contributed by atoms with Gasteiger partial charge in [-0.3, -0.25) is 9.59 Å². The highest BCUT2D eigenvalue weighted by Crippen LogP contribution is 2.33. The third-order valence-electron chi connectivity index (χ3n) is 5.06. The highest BCUT2D eigenvalue weighted by atomic mass is 19.1. The molecule has 3 atom stereocenters. The zero-order chi connectivity index (χ0) is 18.0. The Morgan fingerprint density at radius 2 is 1.88 bits per heavy atom. The lowest BCUT2D eigenvalue weighted by atomic mass is 9.85. The largest absolute Gasteiger partial charge is 0.335 e. The summed E-state index contributed by atoms with van der Waals surface area (Å²) in [5.41, 5.74) is 0.0355. The topological polar surface area (TPSA) is 61.4 Å². The van der Waals surface area contributed by atoms with E-state index in [2.05, 4.69) is 10.6 Å². The number of benzene rings is 1. The van der Waals surface area contributed by atoms with E-state index < -0.39 is 17.5 Å². The molecule has 7 heteroatoms. The minimum atomic E-state index is -0.766. The maximum absolute atomic E-state index is 13.2. The van der Waals surface area contributed by atoms with Crippen molar-refractivity contribution in [2.24, 2.45) is 5.92 Å². The molecule has 0 radical (unpaired) electrons. The number of nitrogens with zero attached hydrogens (tertiary/aromatic N) is 1. The van der Waals surface area contributed by atoms with Crippen LogP contribution in [-0.2, 0) is 9.59 Å². The molecule has 1 saturated carbocycles. The van der Waals surface area contributed by atoms with Crippen molar-refractivity contribution in [2.45, 2.75) is 44.2 Å². The van der Waals surface area contributed by atoms with Crippen LogP contribution in [0.1, 0.15) is 32.1 Å². The SMILES string of the molecule is CN(CC(=O)Nc1cc(F)cc(F)c1)C(=O)C1CC2CCCCC2N1. The molecule has 1 aromatic rings. The van der Waals surface area contributed by atoms with E-state index in [1.807, 2.05) is 0 Å². The van der Waals surface area contributed by atoms with Gasteiger partial charge < -0.3 is 15.5 Å². The maximum Gasteiger partial charge on any atom is 0.243 e. The molecular formula is C18H23F2N3O2. The Morgan fingerprint density at radius 3 is 2.56 bits per heavy atom. The Morgan fingerprint density at radius 1 is 1.20 bits per heavy atom. The summed E-state index contributed by atoms with van der Waals surface area (Å²) >= 11 is 0. The third kappa shape index (κ3) is 4.34. The highest BCUT2D eigenvalue weighted by molar-refractivity contribution is 5.95. The number of hydrogen-bond acceptors (Lipinski definition) is 3. The quantitative estimate of drug-likeness (QED) is 0.875. The smallest absolute Gasteiger partial charge is 0.243 e. The van der Waals surface area contributed by atoms with Crippen molar-refractivity contribution in [3.05, 3.63) is 29.8 Å². The number of rotatable bonds is 4. The van der Waals surface area contributed by atoms with Gasteiger partial charge in [-0.15, -0.1) is 0 Å². The highest BCUT2D eigenvalue weighted by Gasteiger charge is 2.39. The standard InChI is InChI=1S/C18H23F2N3O2/c1-23(10-17(24)21-14-8-12(19)7-13(20)9-14)18(25)16-6-11-4-2-3-5-15(11)22-16/h7-9,11,15-16,22H,2-6,10H2,1H3,(H,21,24). The zero-order valence-corrected chi connectivity index (χ0v) is 14.2. The number of fused-ring (bicyclic) bond motifs is 1. The molecule has 1 heterocycles. The Balaban J connectivity index is 1.53. The van der Waals surface area contributed by atoms with Crippen molar-refractivity contribution >= 4 is 17.5 Å². The number of anilines is 1. The molecular weight excluding hydrogens is 328 g/mol. The van der Waals surface area contributed by atoms with Crippen LogP contribution < -0.4 is 10.6 Å². The molecule has 0 bridgehead atoms. The normalized spacial score (nSPS) is 25.3. The van der Waals surface area contributed by atoms with Crippen LogP contribution in [0.4, 0.5) is 14.5 Å². The number of hydrogen-bond donors (Lipinski definition) is 2. The van der Waals surface area contributed by atoms with Gasteiger partial charge in [0.25, 0.3) is 0 Å². The van der Waals surface area contributed by atoms with Crippen molar-refractivity contribution in [1.82, 2.24) is 10.2 Å². The predicted molar refractivity (Wildman–Crippen MR) is 89.9 cm³/mol. The summed E-state index contributed by atoms with van der Waals surface area (Å²) in [6.45, 7) is -0.162. The van der Waals surface area contributed by atoms with Gasteiger partial charge in [-0.1, -0.05) is 12.8 Å². The van der Waals surface area contributed by atoms with Crippen molar-refractivity contribution in [1.29, 1.82) is 0 Å². The van der Waals surface area contributed by atoms with Gasteiger partial charge in [-0.25, -0.2) is 8.78 Å². The van der Waals surface area contributed by atoms with Gasteiger partial charge in [-0.2, -0.15) is 0 Å². The number of halogens is 2.